The van der Waals surface area contributed by atoms with Crippen molar-refractivity contribution in [2.45, 2.75) is 37.8 Å². The van der Waals surface area contributed by atoms with Crippen LogP contribution in [0.1, 0.15) is 29.8 Å². The lowest BCUT2D eigenvalue weighted by atomic mass is 9.95. The second kappa shape index (κ2) is 8.30. The number of hydrogen-bond donors (Lipinski definition) is 0. The Morgan fingerprint density at radius 1 is 1.04 bits per heavy atom. The molecule has 0 saturated carbocycles. The summed E-state index contributed by atoms with van der Waals surface area (Å²) in [5.41, 5.74) is 4.84. The molecule has 6 heteroatoms. The molecule has 0 spiro atoms. The van der Waals surface area contributed by atoms with Gasteiger partial charge in [-0.1, -0.05) is 30.0 Å². The highest BCUT2D eigenvalue weighted by atomic mass is 32.2. The normalized spacial score (nSPS) is 16.9. The number of amides is 1. The maximum Gasteiger partial charge on any atom is 0.233 e. The number of carbonyl (C=O) groups excluding carboxylic acids is 1. The molecule has 0 N–H and O–H groups in total. The number of aryl methyl sites for hydroxylation is 2. The van der Waals surface area contributed by atoms with E-state index in [4.69, 9.17) is 4.98 Å². The summed E-state index contributed by atoms with van der Waals surface area (Å²) in [5.74, 6) is 0.607. The van der Waals surface area contributed by atoms with Gasteiger partial charge in [-0.25, -0.2) is 9.97 Å². The van der Waals surface area contributed by atoms with Crippen molar-refractivity contribution < 1.29 is 4.79 Å². The standard InChI is InChI=1S/C21H26N4OS/c1-16-18-9-5-6-10-19(18)23-21(22-16)27-15-20(26)25-13-11-24(12-14-25)17-7-3-2-4-8-17/h2-4,7-8H,5-6,9-15H2,1H3. The molecule has 1 aliphatic carbocycles. The van der Waals surface area contributed by atoms with Crippen LogP contribution in [0.5, 0.6) is 0 Å². The zero-order chi connectivity index (χ0) is 18.6. The summed E-state index contributed by atoms with van der Waals surface area (Å²) >= 11 is 1.48. The van der Waals surface area contributed by atoms with E-state index in [1.807, 2.05) is 11.0 Å². The quantitative estimate of drug-likeness (QED) is 0.601. The minimum Gasteiger partial charge on any atom is -0.368 e. The first kappa shape index (κ1) is 18.3. The average Bonchev–Trinajstić information content (AvgIpc) is 2.73. The number of fused-ring (bicyclic) bond motifs is 1. The van der Waals surface area contributed by atoms with Crippen molar-refractivity contribution >= 4 is 23.4 Å². The summed E-state index contributed by atoms with van der Waals surface area (Å²) in [6, 6.07) is 10.4. The fraction of sp³-hybridized carbons (Fsp3) is 0.476. The smallest absolute Gasteiger partial charge is 0.233 e. The Hall–Kier alpha value is -2.08. The van der Waals surface area contributed by atoms with E-state index >= 15 is 0 Å². The van der Waals surface area contributed by atoms with Crippen LogP contribution in [0.3, 0.4) is 0 Å². The van der Waals surface area contributed by atoms with Crippen LogP contribution in [-0.2, 0) is 17.6 Å². The van der Waals surface area contributed by atoms with Gasteiger partial charge in [0, 0.05) is 43.3 Å². The molecule has 2 aromatic rings. The highest BCUT2D eigenvalue weighted by molar-refractivity contribution is 7.99. The molecule has 4 rings (SSSR count). The monoisotopic (exact) mass is 382 g/mol. The minimum atomic E-state index is 0.187. The topological polar surface area (TPSA) is 49.3 Å². The molecular formula is C21H26N4OS. The molecule has 0 atom stereocenters. The SMILES string of the molecule is Cc1nc(SCC(=O)N2CCN(c3ccccc3)CC2)nc2c1CCCC2. The molecule has 0 radical (unpaired) electrons. The molecule has 142 valence electrons. The third-order valence-electron chi connectivity index (χ3n) is 5.45. The number of anilines is 1. The second-order valence-corrected chi connectivity index (χ2v) is 8.16. The molecule has 2 aliphatic rings. The van der Waals surface area contributed by atoms with Crippen LogP contribution in [0, 0.1) is 6.92 Å². The van der Waals surface area contributed by atoms with Crippen molar-refractivity contribution in [2.24, 2.45) is 0 Å². The first-order valence-corrected chi connectivity index (χ1v) is 10.8. The highest BCUT2D eigenvalue weighted by Crippen LogP contribution is 2.25. The zero-order valence-electron chi connectivity index (χ0n) is 15.9. The fourth-order valence-corrected chi connectivity index (χ4v) is 4.70. The van der Waals surface area contributed by atoms with Gasteiger partial charge in [0.05, 0.1) is 5.75 Å². The third-order valence-corrected chi connectivity index (χ3v) is 6.28. The van der Waals surface area contributed by atoms with E-state index in [9.17, 15) is 4.79 Å². The molecule has 1 aliphatic heterocycles. The molecule has 2 heterocycles. The Morgan fingerprint density at radius 2 is 1.78 bits per heavy atom. The Bertz CT molecular complexity index is 803. The van der Waals surface area contributed by atoms with Gasteiger partial charge in [-0.2, -0.15) is 0 Å². The predicted octanol–water partition coefficient (Wildman–Crippen LogP) is 3.10. The Kier molecular flexibility index (Phi) is 5.62. The van der Waals surface area contributed by atoms with Crippen molar-refractivity contribution in [1.82, 2.24) is 14.9 Å². The molecule has 1 fully saturated rings. The van der Waals surface area contributed by atoms with Gasteiger partial charge in [-0.05, 0) is 50.3 Å². The number of para-hydroxylation sites is 1. The van der Waals surface area contributed by atoms with Crippen LogP contribution >= 0.6 is 11.8 Å². The molecule has 1 saturated heterocycles. The molecule has 0 unspecified atom stereocenters. The molecule has 1 amide bonds. The number of rotatable bonds is 4. The van der Waals surface area contributed by atoms with E-state index < -0.39 is 0 Å². The van der Waals surface area contributed by atoms with Gasteiger partial charge < -0.3 is 9.80 Å². The molecular weight excluding hydrogens is 356 g/mol. The van der Waals surface area contributed by atoms with Gasteiger partial charge in [-0.3, -0.25) is 4.79 Å². The summed E-state index contributed by atoms with van der Waals surface area (Å²) in [7, 11) is 0. The van der Waals surface area contributed by atoms with Gasteiger partial charge in [0.15, 0.2) is 5.16 Å². The van der Waals surface area contributed by atoms with Gasteiger partial charge in [0.1, 0.15) is 0 Å². The zero-order valence-corrected chi connectivity index (χ0v) is 16.7. The molecule has 1 aromatic heterocycles. The van der Waals surface area contributed by atoms with Crippen LogP contribution in [0.25, 0.3) is 0 Å². The minimum absolute atomic E-state index is 0.187. The van der Waals surface area contributed by atoms with Crippen LogP contribution in [0.2, 0.25) is 0 Å². The van der Waals surface area contributed by atoms with Crippen molar-refractivity contribution in [3.05, 3.63) is 47.3 Å². The lowest BCUT2D eigenvalue weighted by Crippen LogP contribution is -2.49. The number of nitrogens with zero attached hydrogens (tertiary/aromatic N) is 4. The Morgan fingerprint density at radius 3 is 2.56 bits per heavy atom. The first-order valence-electron chi connectivity index (χ1n) is 9.77. The summed E-state index contributed by atoms with van der Waals surface area (Å²) in [5, 5.41) is 0.754. The van der Waals surface area contributed by atoms with Gasteiger partial charge in [-0.15, -0.1) is 0 Å². The Labute approximate surface area is 165 Å². The van der Waals surface area contributed by atoms with Crippen molar-refractivity contribution in [3.8, 4) is 0 Å². The van der Waals surface area contributed by atoms with E-state index in [0.717, 1.165) is 49.9 Å². The van der Waals surface area contributed by atoms with E-state index in [1.165, 1.54) is 41.5 Å². The fourth-order valence-electron chi connectivity index (χ4n) is 3.89. The van der Waals surface area contributed by atoms with Gasteiger partial charge >= 0.3 is 0 Å². The maximum absolute atomic E-state index is 12.6. The number of aromatic nitrogens is 2. The van der Waals surface area contributed by atoms with Crippen molar-refractivity contribution in [3.63, 3.8) is 0 Å². The largest absolute Gasteiger partial charge is 0.368 e. The second-order valence-electron chi connectivity index (χ2n) is 7.22. The number of carbonyl (C=O) groups is 1. The van der Waals surface area contributed by atoms with E-state index in [-0.39, 0.29) is 5.91 Å². The predicted molar refractivity (Wildman–Crippen MR) is 109 cm³/mol. The average molecular weight is 383 g/mol. The van der Waals surface area contributed by atoms with Crippen molar-refractivity contribution in [1.29, 1.82) is 0 Å². The van der Waals surface area contributed by atoms with E-state index in [1.54, 1.807) is 0 Å². The van der Waals surface area contributed by atoms with Crippen LogP contribution in [0.15, 0.2) is 35.5 Å². The summed E-state index contributed by atoms with van der Waals surface area (Å²) < 4.78 is 0. The third kappa shape index (κ3) is 4.26. The highest BCUT2D eigenvalue weighted by Gasteiger charge is 2.22. The van der Waals surface area contributed by atoms with Crippen molar-refractivity contribution in [2.75, 3.05) is 36.8 Å². The summed E-state index contributed by atoms with van der Waals surface area (Å²) in [4.78, 5) is 26.3. The Balaban J connectivity index is 1.31. The van der Waals surface area contributed by atoms with Gasteiger partial charge in [0.2, 0.25) is 5.91 Å². The lowest BCUT2D eigenvalue weighted by Gasteiger charge is -2.36. The number of thioether (sulfide) groups is 1. The molecule has 27 heavy (non-hydrogen) atoms. The maximum atomic E-state index is 12.6. The summed E-state index contributed by atoms with van der Waals surface area (Å²) in [6.45, 7) is 5.39. The molecule has 0 bridgehead atoms. The molecule has 1 aromatic carbocycles. The van der Waals surface area contributed by atoms with E-state index in [0.29, 0.717) is 5.75 Å². The number of benzene rings is 1. The van der Waals surface area contributed by atoms with Crippen LogP contribution in [-0.4, -0.2) is 52.7 Å². The van der Waals surface area contributed by atoms with E-state index in [2.05, 4.69) is 41.1 Å². The van der Waals surface area contributed by atoms with Gasteiger partial charge in [0.25, 0.3) is 0 Å². The number of piperazine rings is 1. The number of hydrogen-bond acceptors (Lipinski definition) is 5. The summed E-state index contributed by atoms with van der Waals surface area (Å²) in [6.07, 6.45) is 4.58. The first-order chi connectivity index (χ1) is 13.2. The lowest BCUT2D eigenvalue weighted by molar-refractivity contribution is -0.128. The molecule has 5 nitrogen and oxygen atoms in total. The van der Waals surface area contributed by atoms with Crippen LogP contribution in [0.4, 0.5) is 5.69 Å². The van der Waals surface area contributed by atoms with Crippen LogP contribution < -0.4 is 4.90 Å².